The zero-order chi connectivity index (χ0) is 30.9. The lowest BCUT2D eigenvalue weighted by molar-refractivity contribution is 0.366. The molecule has 0 amide bonds. The largest absolute Gasteiger partial charge is 0.449 e. The highest BCUT2D eigenvalue weighted by Gasteiger charge is 2.30. The van der Waals surface area contributed by atoms with Crippen LogP contribution in [0, 0.1) is 0 Å². The second-order valence-corrected chi connectivity index (χ2v) is 11.8. The van der Waals surface area contributed by atoms with Gasteiger partial charge in [-0.1, -0.05) is 127 Å². The van der Waals surface area contributed by atoms with Crippen molar-refractivity contribution in [3.63, 3.8) is 0 Å². The maximum absolute atomic E-state index is 6.75. The number of fused-ring (bicyclic) bond motifs is 10. The Morgan fingerprint density at radius 2 is 1.00 bits per heavy atom. The Kier molecular flexibility index (Phi) is 5.51. The zero-order valence-electron chi connectivity index (χ0n) is 25.1. The molecule has 47 heavy (non-hydrogen) atoms. The number of ether oxygens (including phenoxy) is 2. The summed E-state index contributed by atoms with van der Waals surface area (Å²) >= 11 is 0. The van der Waals surface area contributed by atoms with E-state index in [4.69, 9.17) is 19.4 Å². The molecule has 220 valence electrons. The van der Waals surface area contributed by atoms with Gasteiger partial charge in [-0.05, 0) is 40.8 Å². The first-order chi connectivity index (χ1) is 23.3. The van der Waals surface area contributed by atoms with Gasteiger partial charge in [-0.25, -0.2) is 9.97 Å². The Balaban J connectivity index is 1.28. The molecule has 3 heterocycles. The van der Waals surface area contributed by atoms with Crippen molar-refractivity contribution in [1.82, 2.24) is 14.5 Å². The van der Waals surface area contributed by atoms with E-state index in [2.05, 4.69) is 108 Å². The molecule has 0 spiro atoms. The first-order valence-corrected chi connectivity index (χ1v) is 15.7. The summed E-state index contributed by atoms with van der Waals surface area (Å²) in [6, 6.07) is 51.8. The number of hydrogen-bond donors (Lipinski definition) is 0. The van der Waals surface area contributed by atoms with Gasteiger partial charge in [0.05, 0.1) is 16.7 Å². The number of hydrogen-bond acceptors (Lipinski definition) is 4. The average Bonchev–Trinajstić information content (AvgIpc) is 3.50. The number of benzene rings is 7. The SMILES string of the molecule is c1ccc(-c2ccc(-c3nc(-n4c5ccccc5c5c6ccccc6c6c(c54)Oc4ccccc4O6)nc4ccccc34)cc2)cc1. The lowest BCUT2D eigenvalue weighted by Gasteiger charge is -2.23. The second-order valence-electron chi connectivity index (χ2n) is 11.8. The van der Waals surface area contributed by atoms with Crippen molar-refractivity contribution in [2.45, 2.75) is 0 Å². The summed E-state index contributed by atoms with van der Waals surface area (Å²) in [5, 5.41) is 5.23. The molecule has 0 unspecified atom stereocenters. The minimum atomic E-state index is 0.567. The highest BCUT2D eigenvalue weighted by Crippen LogP contribution is 2.54. The van der Waals surface area contributed by atoms with Gasteiger partial charge in [-0.2, -0.15) is 0 Å². The van der Waals surface area contributed by atoms with Gasteiger partial charge in [-0.3, -0.25) is 4.57 Å². The fourth-order valence-corrected chi connectivity index (χ4v) is 6.93. The summed E-state index contributed by atoms with van der Waals surface area (Å²) in [6.07, 6.45) is 0. The molecule has 9 aromatic rings. The van der Waals surface area contributed by atoms with Crippen molar-refractivity contribution >= 4 is 43.5 Å². The standard InChI is InChI=1S/C42H25N3O2/c1-2-12-26(13-3-1)27-22-24-28(25-23-27)38-31-16-6-8-18-33(31)43-42(44-38)45-34-19-9-7-17-32(34)37-29-14-4-5-15-30(29)40-41(39(37)45)47-36-21-11-10-20-35(36)46-40/h1-25H. The first kappa shape index (κ1) is 25.8. The van der Waals surface area contributed by atoms with E-state index in [-0.39, 0.29) is 0 Å². The lowest BCUT2D eigenvalue weighted by Crippen LogP contribution is -2.06. The van der Waals surface area contributed by atoms with E-state index < -0.39 is 0 Å². The zero-order valence-corrected chi connectivity index (χ0v) is 25.1. The van der Waals surface area contributed by atoms with Crippen molar-refractivity contribution in [2.75, 3.05) is 0 Å². The van der Waals surface area contributed by atoms with Crippen LogP contribution in [0.25, 0.3) is 71.8 Å². The average molecular weight is 604 g/mol. The van der Waals surface area contributed by atoms with Crippen LogP contribution in [0.5, 0.6) is 23.0 Å². The van der Waals surface area contributed by atoms with Gasteiger partial charge in [0.1, 0.15) is 5.52 Å². The highest BCUT2D eigenvalue weighted by molar-refractivity contribution is 6.25. The maximum Gasteiger partial charge on any atom is 0.235 e. The highest BCUT2D eigenvalue weighted by atomic mass is 16.6. The minimum absolute atomic E-state index is 0.567. The molecule has 1 aliphatic heterocycles. The van der Waals surface area contributed by atoms with Crippen molar-refractivity contribution in [3.8, 4) is 51.3 Å². The third-order valence-corrected chi connectivity index (χ3v) is 9.07. The van der Waals surface area contributed by atoms with E-state index >= 15 is 0 Å². The fraction of sp³-hybridized carbons (Fsp3) is 0. The fourth-order valence-electron chi connectivity index (χ4n) is 6.93. The van der Waals surface area contributed by atoms with E-state index in [9.17, 15) is 0 Å². The molecule has 0 bridgehead atoms. The molecule has 0 N–H and O–H groups in total. The summed E-state index contributed by atoms with van der Waals surface area (Å²) in [6.45, 7) is 0. The number of nitrogens with zero attached hydrogens (tertiary/aromatic N) is 3. The second kappa shape index (κ2) is 10.0. The van der Waals surface area contributed by atoms with Crippen molar-refractivity contribution in [3.05, 3.63) is 152 Å². The van der Waals surface area contributed by atoms with E-state index in [1.54, 1.807) is 0 Å². The molecule has 0 saturated carbocycles. The first-order valence-electron chi connectivity index (χ1n) is 15.7. The smallest absolute Gasteiger partial charge is 0.235 e. The van der Waals surface area contributed by atoms with Crippen LogP contribution in [0.1, 0.15) is 0 Å². The molecule has 0 radical (unpaired) electrons. The van der Waals surface area contributed by atoms with Crippen LogP contribution in [0.2, 0.25) is 0 Å². The van der Waals surface area contributed by atoms with Crippen LogP contribution >= 0.6 is 0 Å². The van der Waals surface area contributed by atoms with E-state index in [0.717, 1.165) is 60.3 Å². The summed E-state index contributed by atoms with van der Waals surface area (Å²) < 4.78 is 15.5. The Bertz CT molecular complexity index is 2680. The Labute approximate surface area is 269 Å². The summed E-state index contributed by atoms with van der Waals surface area (Å²) in [5.41, 5.74) is 6.95. The molecule has 2 aromatic heterocycles. The normalized spacial score (nSPS) is 12.2. The molecule has 0 aliphatic carbocycles. The van der Waals surface area contributed by atoms with Gasteiger partial charge in [0.2, 0.25) is 5.95 Å². The van der Waals surface area contributed by atoms with Crippen molar-refractivity contribution in [2.24, 2.45) is 0 Å². The van der Waals surface area contributed by atoms with E-state index in [1.165, 1.54) is 5.56 Å². The number of para-hydroxylation sites is 4. The molecule has 0 saturated heterocycles. The van der Waals surface area contributed by atoms with Gasteiger partial charge >= 0.3 is 0 Å². The lowest BCUT2D eigenvalue weighted by atomic mass is 10.0. The predicted octanol–water partition coefficient (Wildman–Crippen LogP) is 11.1. The molecule has 7 aromatic carbocycles. The van der Waals surface area contributed by atoms with Gasteiger partial charge in [-0.15, -0.1) is 0 Å². The molecule has 10 rings (SSSR count). The molecular weight excluding hydrogens is 578 g/mol. The van der Waals surface area contributed by atoms with E-state index in [0.29, 0.717) is 28.9 Å². The number of rotatable bonds is 3. The molecule has 5 heteroatoms. The molecule has 0 fully saturated rings. The van der Waals surface area contributed by atoms with Gasteiger partial charge < -0.3 is 9.47 Å². The van der Waals surface area contributed by atoms with Crippen LogP contribution in [0.4, 0.5) is 0 Å². The molecular formula is C42H25N3O2. The van der Waals surface area contributed by atoms with Gasteiger partial charge in [0, 0.05) is 27.1 Å². The van der Waals surface area contributed by atoms with Crippen LogP contribution in [-0.2, 0) is 0 Å². The van der Waals surface area contributed by atoms with Crippen LogP contribution in [0.3, 0.4) is 0 Å². The molecule has 5 nitrogen and oxygen atoms in total. The molecule has 1 aliphatic rings. The van der Waals surface area contributed by atoms with Gasteiger partial charge in [0.25, 0.3) is 0 Å². The summed E-state index contributed by atoms with van der Waals surface area (Å²) in [5.74, 6) is 3.27. The minimum Gasteiger partial charge on any atom is -0.449 e. The van der Waals surface area contributed by atoms with Crippen LogP contribution < -0.4 is 9.47 Å². The predicted molar refractivity (Wildman–Crippen MR) is 189 cm³/mol. The topological polar surface area (TPSA) is 49.2 Å². The van der Waals surface area contributed by atoms with E-state index in [1.807, 2.05) is 48.5 Å². The third kappa shape index (κ3) is 3.90. The van der Waals surface area contributed by atoms with Crippen LogP contribution in [-0.4, -0.2) is 14.5 Å². The quantitative estimate of drug-likeness (QED) is 0.202. The molecule has 0 atom stereocenters. The Hall–Kier alpha value is -6.46. The third-order valence-electron chi connectivity index (χ3n) is 9.07. The Morgan fingerprint density at radius 1 is 0.426 bits per heavy atom. The van der Waals surface area contributed by atoms with Gasteiger partial charge in [0.15, 0.2) is 23.0 Å². The van der Waals surface area contributed by atoms with Crippen molar-refractivity contribution in [1.29, 1.82) is 0 Å². The van der Waals surface area contributed by atoms with Crippen molar-refractivity contribution < 1.29 is 9.47 Å². The Morgan fingerprint density at radius 3 is 1.79 bits per heavy atom. The summed E-state index contributed by atoms with van der Waals surface area (Å²) in [7, 11) is 0. The monoisotopic (exact) mass is 603 g/mol. The maximum atomic E-state index is 6.75. The summed E-state index contributed by atoms with van der Waals surface area (Å²) in [4.78, 5) is 10.5. The van der Waals surface area contributed by atoms with Crippen LogP contribution in [0.15, 0.2) is 152 Å². The number of aromatic nitrogens is 3.